The van der Waals surface area contributed by atoms with Crippen LogP contribution >= 0.6 is 0 Å². The predicted molar refractivity (Wildman–Crippen MR) is 74.5 cm³/mol. The average Bonchev–Trinajstić information content (AvgIpc) is 2.45. The largest absolute Gasteiger partial charge is 0.496 e. The molecule has 0 aliphatic carbocycles. The number of ether oxygens (including phenoxy) is 2. The summed E-state index contributed by atoms with van der Waals surface area (Å²) in [5, 5.41) is 2.66. The zero-order valence-corrected chi connectivity index (χ0v) is 11.8. The maximum absolute atomic E-state index is 11.5. The van der Waals surface area contributed by atoms with E-state index in [0.29, 0.717) is 24.3 Å². The van der Waals surface area contributed by atoms with Gasteiger partial charge in [-0.2, -0.15) is 0 Å². The van der Waals surface area contributed by atoms with Crippen molar-refractivity contribution in [3.05, 3.63) is 29.3 Å². The standard InChI is InChI=1S/C15H17NO4/c1-11(17)16-9-5-4-6-12-7-8-13(15(18)20-3)14(10-12)19-2/h7-8,10H,5,9H2,1-3H3,(H,16,17). The number of hydrogen-bond acceptors (Lipinski definition) is 4. The van der Waals surface area contributed by atoms with Crippen LogP contribution in [0.2, 0.25) is 0 Å². The topological polar surface area (TPSA) is 64.6 Å². The van der Waals surface area contributed by atoms with Gasteiger partial charge < -0.3 is 14.8 Å². The molecule has 1 N–H and O–H groups in total. The molecule has 0 saturated carbocycles. The van der Waals surface area contributed by atoms with E-state index in [1.807, 2.05) is 0 Å². The highest BCUT2D eigenvalue weighted by Crippen LogP contribution is 2.20. The Bertz CT molecular complexity index is 555. The predicted octanol–water partition coefficient (Wildman–Crippen LogP) is 1.36. The van der Waals surface area contributed by atoms with Crippen LogP contribution in [0, 0.1) is 11.8 Å². The van der Waals surface area contributed by atoms with Gasteiger partial charge in [0.05, 0.1) is 14.2 Å². The summed E-state index contributed by atoms with van der Waals surface area (Å²) in [6.45, 7) is 1.98. The van der Waals surface area contributed by atoms with Crippen LogP contribution in [0.15, 0.2) is 18.2 Å². The molecule has 1 aromatic rings. The lowest BCUT2D eigenvalue weighted by Gasteiger charge is -2.06. The van der Waals surface area contributed by atoms with Crippen LogP contribution in [0.25, 0.3) is 0 Å². The normalized spacial score (nSPS) is 9.15. The molecule has 1 rings (SSSR count). The lowest BCUT2D eigenvalue weighted by molar-refractivity contribution is -0.118. The number of amides is 1. The third-order valence-corrected chi connectivity index (χ3v) is 2.46. The number of nitrogens with one attached hydrogen (secondary N) is 1. The van der Waals surface area contributed by atoms with Gasteiger partial charge >= 0.3 is 5.97 Å². The third-order valence-electron chi connectivity index (χ3n) is 2.46. The van der Waals surface area contributed by atoms with E-state index in [1.54, 1.807) is 18.2 Å². The molecule has 5 heteroatoms. The molecule has 0 aliphatic rings. The van der Waals surface area contributed by atoms with E-state index in [-0.39, 0.29) is 5.91 Å². The second kappa shape index (κ2) is 7.85. The van der Waals surface area contributed by atoms with Gasteiger partial charge in [-0.1, -0.05) is 11.8 Å². The number of methoxy groups -OCH3 is 2. The van der Waals surface area contributed by atoms with Crippen LogP contribution in [0.4, 0.5) is 0 Å². The minimum absolute atomic E-state index is 0.0732. The highest BCUT2D eigenvalue weighted by atomic mass is 16.5. The summed E-state index contributed by atoms with van der Waals surface area (Å²) in [6.07, 6.45) is 0.556. The lowest BCUT2D eigenvalue weighted by Crippen LogP contribution is -2.20. The number of benzene rings is 1. The van der Waals surface area contributed by atoms with E-state index in [2.05, 4.69) is 21.9 Å². The van der Waals surface area contributed by atoms with Crippen molar-refractivity contribution >= 4 is 11.9 Å². The number of rotatable bonds is 4. The highest BCUT2D eigenvalue weighted by molar-refractivity contribution is 5.92. The van der Waals surface area contributed by atoms with E-state index in [9.17, 15) is 9.59 Å². The van der Waals surface area contributed by atoms with Crippen molar-refractivity contribution in [2.24, 2.45) is 0 Å². The molecular formula is C15H17NO4. The molecule has 0 radical (unpaired) electrons. The Labute approximate surface area is 118 Å². The highest BCUT2D eigenvalue weighted by Gasteiger charge is 2.12. The zero-order chi connectivity index (χ0) is 15.0. The molecular weight excluding hydrogens is 258 g/mol. The summed E-state index contributed by atoms with van der Waals surface area (Å²) in [7, 11) is 2.80. The van der Waals surface area contributed by atoms with E-state index >= 15 is 0 Å². The Morgan fingerprint density at radius 1 is 1.30 bits per heavy atom. The summed E-state index contributed by atoms with van der Waals surface area (Å²) in [5.74, 6) is 5.78. The van der Waals surface area contributed by atoms with Crippen LogP contribution in [0.5, 0.6) is 5.75 Å². The Kier molecular flexibility index (Phi) is 6.11. The van der Waals surface area contributed by atoms with Crippen LogP contribution in [-0.2, 0) is 9.53 Å². The molecule has 0 aromatic heterocycles. The Balaban J connectivity index is 2.76. The first kappa shape index (κ1) is 15.6. The average molecular weight is 275 g/mol. The molecule has 0 unspecified atom stereocenters. The molecule has 1 aromatic carbocycles. The SMILES string of the molecule is COC(=O)c1ccc(C#CCCNC(C)=O)cc1OC. The molecule has 106 valence electrons. The van der Waals surface area contributed by atoms with Gasteiger partial charge in [-0.3, -0.25) is 4.79 Å². The van der Waals surface area contributed by atoms with Crippen molar-refractivity contribution in [1.29, 1.82) is 0 Å². The first-order valence-corrected chi connectivity index (χ1v) is 6.08. The van der Waals surface area contributed by atoms with Gasteiger partial charge in [-0.05, 0) is 18.2 Å². The van der Waals surface area contributed by atoms with Gasteiger partial charge in [-0.25, -0.2) is 4.79 Å². The molecule has 0 aliphatic heterocycles. The van der Waals surface area contributed by atoms with Crippen molar-refractivity contribution in [2.75, 3.05) is 20.8 Å². The maximum Gasteiger partial charge on any atom is 0.341 e. The summed E-state index contributed by atoms with van der Waals surface area (Å²) in [4.78, 5) is 22.2. The van der Waals surface area contributed by atoms with Crippen LogP contribution < -0.4 is 10.1 Å². The molecule has 1 amide bonds. The quantitative estimate of drug-likeness (QED) is 0.512. The number of esters is 1. The summed E-state index contributed by atoms with van der Waals surface area (Å²) in [5.41, 5.74) is 1.09. The number of carbonyl (C=O) groups excluding carboxylic acids is 2. The minimum Gasteiger partial charge on any atom is -0.496 e. The Morgan fingerprint density at radius 2 is 2.05 bits per heavy atom. The first-order valence-electron chi connectivity index (χ1n) is 6.08. The second-order valence-corrected chi connectivity index (χ2v) is 3.94. The third kappa shape index (κ3) is 4.65. The fourth-order valence-corrected chi connectivity index (χ4v) is 1.51. The first-order chi connectivity index (χ1) is 9.58. The van der Waals surface area contributed by atoms with E-state index < -0.39 is 5.97 Å². The van der Waals surface area contributed by atoms with Gasteiger partial charge in [0.25, 0.3) is 0 Å². The van der Waals surface area contributed by atoms with E-state index in [0.717, 1.165) is 5.56 Å². The molecule has 0 atom stereocenters. The van der Waals surface area contributed by atoms with Gasteiger partial charge in [0.1, 0.15) is 11.3 Å². The Hall–Kier alpha value is -2.48. The minimum atomic E-state index is -0.452. The monoisotopic (exact) mass is 275 g/mol. The maximum atomic E-state index is 11.5. The van der Waals surface area contributed by atoms with Crippen molar-refractivity contribution in [2.45, 2.75) is 13.3 Å². The van der Waals surface area contributed by atoms with Crippen molar-refractivity contribution in [1.82, 2.24) is 5.32 Å². The van der Waals surface area contributed by atoms with Crippen LogP contribution in [0.3, 0.4) is 0 Å². The summed E-state index contributed by atoms with van der Waals surface area (Å²) in [6, 6.07) is 5.01. The van der Waals surface area contributed by atoms with E-state index in [1.165, 1.54) is 21.1 Å². The molecule has 0 bridgehead atoms. The number of carbonyl (C=O) groups is 2. The van der Waals surface area contributed by atoms with Crippen molar-refractivity contribution in [3.63, 3.8) is 0 Å². The Morgan fingerprint density at radius 3 is 2.65 bits per heavy atom. The van der Waals surface area contributed by atoms with Gasteiger partial charge in [0, 0.05) is 25.5 Å². The number of hydrogen-bond donors (Lipinski definition) is 1. The van der Waals surface area contributed by atoms with Crippen molar-refractivity contribution < 1.29 is 19.1 Å². The molecule has 0 fully saturated rings. The second-order valence-electron chi connectivity index (χ2n) is 3.94. The smallest absolute Gasteiger partial charge is 0.341 e. The summed E-state index contributed by atoms with van der Waals surface area (Å²) >= 11 is 0. The zero-order valence-electron chi connectivity index (χ0n) is 11.8. The molecule has 0 heterocycles. The lowest BCUT2D eigenvalue weighted by atomic mass is 10.1. The van der Waals surface area contributed by atoms with Crippen molar-refractivity contribution in [3.8, 4) is 17.6 Å². The van der Waals surface area contributed by atoms with Gasteiger partial charge in [-0.15, -0.1) is 0 Å². The van der Waals surface area contributed by atoms with Crippen LogP contribution in [0.1, 0.15) is 29.3 Å². The van der Waals surface area contributed by atoms with E-state index in [4.69, 9.17) is 4.74 Å². The molecule has 5 nitrogen and oxygen atoms in total. The molecule has 0 spiro atoms. The van der Waals surface area contributed by atoms with Crippen LogP contribution in [-0.4, -0.2) is 32.6 Å². The fourth-order valence-electron chi connectivity index (χ4n) is 1.51. The molecule has 20 heavy (non-hydrogen) atoms. The molecule has 0 saturated heterocycles. The van der Waals surface area contributed by atoms with Gasteiger partial charge in [0.15, 0.2) is 0 Å². The van der Waals surface area contributed by atoms with Gasteiger partial charge in [0.2, 0.25) is 5.91 Å². The fraction of sp³-hybridized carbons (Fsp3) is 0.333. The summed E-state index contributed by atoms with van der Waals surface area (Å²) < 4.78 is 9.80.